The van der Waals surface area contributed by atoms with Crippen LogP contribution in [0.3, 0.4) is 0 Å². The minimum atomic E-state index is -0.839. The van der Waals surface area contributed by atoms with Gasteiger partial charge in [0.05, 0.1) is 0 Å². The molecule has 1 atom stereocenters. The molecule has 0 fully saturated rings. The summed E-state index contributed by atoms with van der Waals surface area (Å²) in [6, 6.07) is 9.92. The third-order valence-corrected chi connectivity index (χ3v) is 3.32. The zero-order valence-electron chi connectivity index (χ0n) is 11.2. The molecule has 20 heavy (non-hydrogen) atoms. The van der Waals surface area contributed by atoms with Crippen LogP contribution in [0.25, 0.3) is 0 Å². The first-order chi connectivity index (χ1) is 9.69. The quantitative estimate of drug-likeness (QED) is 0.780. The van der Waals surface area contributed by atoms with Gasteiger partial charge in [-0.1, -0.05) is 37.3 Å². The number of nitrogens with one attached hydrogen (secondary N) is 1. The summed E-state index contributed by atoms with van der Waals surface area (Å²) in [5, 5.41) is 13.1. The molecular weight excluding hydrogens is 254 g/mol. The molecule has 2 heterocycles. The van der Waals surface area contributed by atoms with Gasteiger partial charge in [0.1, 0.15) is 11.5 Å². The van der Waals surface area contributed by atoms with Crippen LogP contribution < -0.4 is 16.0 Å². The van der Waals surface area contributed by atoms with Gasteiger partial charge in [-0.3, -0.25) is 0 Å². The van der Waals surface area contributed by atoms with Gasteiger partial charge in [0.25, 0.3) is 0 Å². The van der Waals surface area contributed by atoms with Crippen LogP contribution in [0, 0.1) is 0 Å². The summed E-state index contributed by atoms with van der Waals surface area (Å²) in [7, 11) is 0. The molecule has 0 saturated carbocycles. The molecule has 3 rings (SSSR count). The van der Waals surface area contributed by atoms with E-state index in [-0.39, 0.29) is 0 Å². The first-order valence-corrected chi connectivity index (χ1v) is 6.60. The van der Waals surface area contributed by atoms with Gasteiger partial charge in [-0.2, -0.15) is 0 Å². The molecule has 1 aliphatic rings. The summed E-state index contributed by atoms with van der Waals surface area (Å²) < 4.78 is 0. The van der Waals surface area contributed by atoms with Crippen LogP contribution >= 0.6 is 0 Å². The molecule has 4 N–H and O–H groups in total. The first-order valence-electron chi connectivity index (χ1n) is 6.60. The molecule has 2 aromatic rings. The van der Waals surface area contributed by atoms with Crippen molar-refractivity contribution in [3.63, 3.8) is 0 Å². The molecule has 0 aliphatic carbocycles. The Hall–Kier alpha value is -2.34. The average Bonchev–Trinajstić information content (AvgIpc) is 2.77. The normalized spacial score (nSPS) is 16.9. The smallest absolute Gasteiger partial charge is 0.207 e. The number of fused-ring (bicyclic) bond motifs is 1. The second-order valence-corrected chi connectivity index (χ2v) is 4.71. The van der Waals surface area contributed by atoms with Gasteiger partial charge in [-0.05, 0) is 5.56 Å². The van der Waals surface area contributed by atoms with E-state index in [9.17, 15) is 5.11 Å². The minimum absolute atomic E-state index is 0.376. The Morgan fingerprint density at radius 2 is 2.05 bits per heavy atom. The van der Waals surface area contributed by atoms with Crippen molar-refractivity contribution < 1.29 is 5.11 Å². The van der Waals surface area contributed by atoms with Gasteiger partial charge in [0, 0.05) is 13.0 Å². The van der Waals surface area contributed by atoms with Crippen molar-refractivity contribution in [3.05, 3.63) is 41.7 Å². The van der Waals surface area contributed by atoms with Gasteiger partial charge in [-0.15, -0.1) is 0 Å². The standard InChI is InChI=1S/C14H17N5O/c1-2-10-16-12(15)11-13(17-10)19(14(20)18-11)8-9-6-4-3-5-7-9/h3-7,14,18,20H,2,8H2,1H3,(H2,15,16,17). The van der Waals surface area contributed by atoms with Crippen molar-refractivity contribution in [3.8, 4) is 0 Å². The summed E-state index contributed by atoms with van der Waals surface area (Å²) in [6.45, 7) is 2.53. The Balaban J connectivity index is 1.96. The second kappa shape index (κ2) is 4.97. The summed E-state index contributed by atoms with van der Waals surface area (Å²) in [6.07, 6.45) is -0.138. The largest absolute Gasteiger partial charge is 0.382 e. The molecule has 0 radical (unpaired) electrons. The van der Waals surface area contributed by atoms with Crippen molar-refractivity contribution in [2.45, 2.75) is 26.2 Å². The number of nitrogens with zero attached hydrogens (tertiary/aromatic N) is 3. The van der Waals surface area contributed by atoms with E-state index in [4.69, 9.17) is 5.73 Å². The Labute approximate surface area is 117 Å². The van der Waals surface area contributed by atoms with E-state index in [2.05, 4.69) is 15.3 Å². The van der Waals surface area contributed by atoms with Crippen molar-refractivity contribution in [1.29, 1.82) is 0 Å². The fourth-order valence-corrected chi connectivity index (χ4v) is 2.28. The Morgan fingerprint density at radius 3 is 2.75 bits per heavy atom. The Morgan fingerprint density at radius 1 is 1.30 bits per heavy atom. The van der Waals surface area contributed by atoms with E-state index in [1.54, 1.807) is 4.90 Å². The topological polar surface area (TPSA) is 87.3 Å². The monoisotopic (exact) mass is 271 g/mol. The number of hydrogen-bond acceptors (Lipinski definition) is 6. The SMILES string of the molecule is CCc1nc(N)c2c(n1)N(Cc1ccccc1)C(O)N2. The summed E-state index contributed by atoms with van der Waals surface area (Å²) in [5.41, 5.74) is 7.61. The number of rotatable bonds is 3. The number of anilines is 3. The van der Waals surface area contributed by atoms with Gasteiger partial charge in [0.15, 0.2) is 11.6 Å². The van der Waals surface area contributed by atoms with Gasteiger partial charge in [0.2, 0.25) is 6.35 Å². The van der Waals surface area contributed by atoms with Crippen LogP contribution in [0.1, 0.15) is 18.3 Å². The predicted octanol–water partition coefficient (Wildman–Crippen LogP) is 1.33. The maximum absolute atomic E-state index is 10.2. The lowest BCUT2D eigenvalue weighted by molar-refractivity contribution is 0.201. The van der Waals surface area contributed by atoms with Crippen molar-refractivity contribution in [2.24, 2.45) is 0 Å². The van der Waals surface area contributed by atoms with Gasteiger partial charge >= 0.3 is 0 Å². The van der Waals surface area contributed by atoms with Crippen LogP contribution in [-0.4, -0.2) is 21.4 Å². The van der Waals surface area contributed by atoms with Crippen LogP contribution in [0.4, 0.5) is 17.3 Å². The molecule has 0 bridgehead atoms. The van der Waals surface area contributed by atoms with Crippen LogP contribution in [0.5, 0.6) is 0 Å². The highest BCUT2D eigenvalue weighted by molar-refractivity contribution is 5.80. The molecule has 104 valence electrons. The maximum Gasteiger partial charge on any atom is 0.207 e. The molecule has 0 saturated heterocycles. The fraction of sp³-hybridized carbons (Fsp3) is 0.286. The summed E-state index contributed by atoms with van der Waals surface area (Å²) in [5.74, 6) is 1.71. The molecule has 6 nitrogen and oxygen atoms in total. The van der Waals surface area contributed by atoms with E-state index in [0.717, 1.165) is 5.56 Å². The highest BCUT2D eigenvalue weighted by atomic mass is 16.3. The molecule has 1 aliphatic heterocycles. The molecule has 1 unspecified atom stereocenters. The Kier molecular flexibility index (Phi) is 3.15. The molecule has 0 amide bonds. The van der Waals surface area contributed by atoms with Crippen LogP contribution in [-0.2, 0) is 13.0 Å². The minimum Gasteiger partial charge on any atom is -0.382 e. The number of nitrogens with two attached hydrogens (primary N) is 1. The number of hydrogen-bond donors (Lipinski definition) is 3. The fourth-order valence-electron chi connectivity index (χ4n) is 2.28. The average molecular weight is 271 g/mol. The number of aromatic nitrogens is 2. The number of benzene rings is 1. The highest BCUT2D eigenvalue weighted by Gasteiger charge is 2.31. The lowest BCUT2D eigenvalue weighted by Gasteiger charge is -2.21. The van der Waals surface area contributed by atoms with Crippen LogP contribution in [0.15, 0.2) is 30.3 Å². The van der Waals surface area contributed by atoms with Crippen LogP contribution in [0.2, 0.25) is 0 Å². The number of aliphatic hydroxyl groups excluding tert-OH is 1. The molecule has 1 aromatic heterocycles. The lowest BCUT2D eigenvalue weighted by atomic mass is 10.2. The molecule has 6 heteroatoms. The molecular formula is C14H17N5O. The van der Waals surface area contributed by atoms with E-state index in [0.29, 0.717) is 36.1 Å². The molecule has 1 aromatic carbocycles. The van der Waals surface area contributed by atoms with Crippen molar-refractivity contribution in [1.82, 2.24) is 9.97 Å². The van der Waals surface area contributed by atoms with E-state index in [1.807, 2.05) is 37.3 Å². The van der Waals surface area contributed by atoms with E-state index >= 15 is 0 Å². The van der Waals surface area contributed by atoms with Crippen molar-refractivity contribution in [2.75, 3.05) is 16.0 Å². The maximum atomic E-state index is 10.2. The zero-order chi connectivity index (χ0) is 14.1. The third kappa shape index (κ3) is 2.14. The highest BCUT2D eigenvalue weighted by Crippen LogP contribution is 2.36. The summed E-state index contributed by atoms with van der Waals surface area (Å²) in [4.78, 5) is 10.5. The van der Waals surface area contributed by atoms with Gasteiger partial charge < -0.3 is 21.1 Å². The van der Waals surface area contributed by atoms with E-state index in [1.165, 1.54) is 0 Å². The lowest BCUT2D eigenvalue weighted by Crippen LogP contribution is -2.35. The number of aryl methyl sites for hydroxylation is 1. The van der Waals surface area contributed by atoms with E-state index < -0.39 is 6.35 Å². The Bertz CT molecular complexity index is 616. The summed E-state index contributed by atoms with van der Waals surface area (Å²) >= 11 is 0. The predicted molar refractivity (Wildman–Crippen MR) is 78.1 cm³/mol. The second-order valence-electron chi connectivity index (χ2n) is 4.71. The number of nitrogen functional groups attached to an aromatic ring is 1. The third-order valence-electron chi connectivity index (χ3n) is 3.32. The number of aliphatic hydroxyl groups is 1. The zero-order valence-corrected chi connectivity index (χ0v) is 11.2. The van der Waals surface area contributed by atoms with Gasteiger partial charge in [-0.25, -0.2) is 9.97 Å². The van der Waals surface area contributed by atoms with Crippen molar-refractivity contribution >= 4 is 17.3 Å². The molecule has 0 spiro atoms. The first kappa shape index (κ1) is 12.7.